The number of carbonyl (C=O) groups excluding carboxylic acids is 1. The lowest BCUT2D eigenvalue weighted by Gasteiger charge is -2.16. The Morgan fingerprint density at radius 3 is 2.45 bits per heavy atom. The molecular formula is C15H21F3N2O2. The van der Waals surface area contributed by atoms with Crippen LogP contribution in [0.2, 0.25) is 0 Å². The number of nitrogens with one attached hydrogen (secondary N) is 1. The molecule has 7 heteroatoms. The molecule has 0 aliphatic heterocycles. The van der Waals surface area contributed by atoms with E-state index >= 15 is 0 Å². The largest absolute Gasteiger partial charge is 0.573 e. The van der Waals surface area contributed by atoms with Crippen LogP contribution in [0, 0.1) is 0 Å². The quantitative estimate of drug-likeness (QED) is 0.774. The van der Waals surface area contributed by atoms with Gasteiger partial charge in [0.2, 0.25) is 5.91 Å². The van der Waals surface area contributed by atoms with E-state index in [-0.39, 0.29) is 24.1 Å². The van der Waals surface area contributed by atoms with Crippen molar-refractivity contribution in [1.82, 2.24) is 5.32 Å². The van der Waals surface area contributed by atoms with E-state index in [0.717, 1.165) is 19.3 Å². The molecule has 0 radical (unpaired) electrons. The summed E-state index contributed by atoms with van der Waals surface area (Å²) in [7, 11) is 0. The van der Waals surface area contributed by atoms with E-state index in [2.05, 4.69) is 17.0 Å². The van der Waals surface area contributed by atoms with E-state index in [1.807, 2.05) is 0 Å². The van der Waals surface area contributed by atoms with Gasteiger partial charge in [-0.1, -0.05) is 31.9 Å². The maximum Gasteiger partial charge on any atom is 0.573 e. The van der Waals surface area contributed by atoms with Gasteiger partial charge in [0.15, 0.2) is 0 Å². The molecule has 1 amide bonds. The Morgan fingerprint density at radius 1 is 1.32 bits per heavy atom. The molecule has 3 N–H and O–H groups in total. The van der Waals surface area contributed by atoms with Crippen LogP contribution in [-0.4, -0.2) is 24.9 Å². The van der Waals surface area contributed by atoms with Gasteiger partial charge >= 0.3 is 6.36 Å². The molecule has 0 aliphatic rings. The molecule has 0 aromatic heterocycles. The van der Waals surface area contributed by atoms with Crippen LogP contribution in [0.1, 0.15) is 31.7 Å². The Morgan fingerprint density at radius 2 is 1.95 bits per heavy atom. The number of alkyl halides is 3. The maximum atomic E-state index is 12.0. The van der Waals surface area contributed by atoms with Crippen molar-refractivity contribution in [2.24, 2.45) is 5.73 Å². The summed E-state index contributed by atoms with van der Waals surface area (Å²) in [5.74, 6) is -0.504. The molecule has 0 heterocycles. The average Bonchev–Trinajstić information content (AvgIpc) is 2.44. The molecule has 0 saturated carbocycles. The third kappa shape index (κ3) is 7.31. The Balaban J connectivity index is 2.50. The van der Waals surface area contributed by atoms with Gasteiger partial charge in [-0.05, 0) is 24.1 Å². The van der Waals surface area contributed by atoms with Crippen molar-refractivity contribution >= 4 is 5.91 Å². The van der Waals surface area contributed by atoms with Crippen LogP contribution in [0.15, 0.2) is 24.3 Å². The van der Waals surface area contributed by atoms with E-state index in [0.29, 0.717) is 12.1 Å². The van der Waals surface area contributed by atoms with Gasteiger partial charge in [-0.25, -0.2) is 0 Å². The lowest BCUT2D eigenvalue weighted by Crippen LogP contribution is -2.40. The number of carbonyl (C=O) groups is 1. The van der Waals surface area contributed by atoms with E-state index in [4.69, 9.17) is 5.73 Å². The second-order valence-electron chi connectivity index (χ2n) is 5.01. The van der Waals surface area contributed by atoms with Crippen molar-refractivity contribution in [2.75, 3.05) is 6.54 Å². The minimum Gasteiger partial charge on any atom is -0.406 e. The summed E-state index contributed by atoms with van der Waals surface area (Å²) in [5.41, 5.74) is 6.21. The van der Waals surface area contributed by atoms with Gasteiger partial charge in [0.05, 0.1) is 6.42 Å². The van der Waals surface area contributed by atoms with Crippen molar-refractivity contribution < 1.29 is 22.7 Å². The van der Waals surface area contributed by atoms with Gasteiger partial charge < -0.3 is 15.8 Å². The molecule has 0 fully saturated rings. The Kier molecular flexibility index (Phi) is 7.17. The first kappa shape index (κ1) is 18.3. The minimum atomic E-state index is -4.72. The van der Waals surface area contributed by atoms with Gasteiger partial charge in [-0.3, -0.25) is 4.79 Å². The highest BCUT2D eigenvalue weighted by Crippen LogP contribution is 2.22. The summed E-state index contributed by atoms with van der Waals surface area (Å²) in [5, 5.41) is 2.83. The number of amides is 1. The van der Waals surface area contributed by atoms with Crippen LogP contribution >= 0.6 is 0 Å². The minimum absolute atomic E-state index is 0.0692. The first-order chi connectivity index (χ1) is 10.3. The fourth-order valence-corrected chi connectivity index (χ4v) is 1.97. The van der Waals surface area contributed by atoms with E-state index in [9.17, 15) is 18.0 Å². The number of hydrogen-bond donors (Lipinski definition) is 2. The molecule has 1 rings (SSSR count). The van der Waals surface area contributed by atoms with Crippen molar-refractivity contribution in [3.8, 4) is 5.75 Å². The van der Waals surface area contributed by atoms with Gasteiger partial charge in [0.1, 0.15) is 5.75 Å². The van der Waals surface area contributed by atoms with Crippen molar-refractivity contribution in [2.45, 2.75) is 45.0 Å². The zero-order valence-corrected chi connectivity index (χ0v) is 12.5. The molecule has 124 valence electrons. The second-order valence-corrected chi connectivity index (χ2v) is 5.01. The Bertz CT molecular complexity index is 461. The lowest BCUT2D eigenvalue weighted by atomic mass is 10.1. The molecular weight excluding hydrogens is 297 g/mol. The van der Waals surface area contributed by atoms with Crippen LogP contribution in [0.5, 0.6) is 5.75 Å². The summed E-state index contributed by atoms with van der Waals surface area (Å²) in [6.45, 7) is 2.42. The third-order valence-corrected chi connectivity index (χ3v) is 3.08. The molecule has 0 saturated heterocycles. The smallest absolute Gasteiger partial charge is 0.406 e. The van der Waals surface area contributed by atoms with Crippen molar-refractivity contribution in [3.05, 3.63) is 29.8 Å². The summed E-state index contributed by atoms with van der Waals surface area (Å²) in [4.78, 5) is 11.9. The summed E-state index contributed by atoms with van der Waals surface area (Å²) in [6, 6.07) is 5.18. The lowest BCUT2D eigenvalue weighted by molar-refractivity contribution is -0.274. The number of rotatable bonds is 8. The molecule has 1 aromatic carbocycles. The molecule has 22 heavy (non-hydrogen) atoms. The standard InChI is InChI=1S/C15H21F3N2O2/c1-2-3-4-12(10-19)20-14(21)9-11-5-7-13(8-6-11)22-15(16,17)18/h5-8,12H,2-4,9-10,19H2,1H3,(H,20,21). The molecule has 1 aromatic rings. The molecule has 0 aliphatic carbocycles. The summed E-state index contributed by atoms with van der Waals surface area (Å²) >= 11 is 0. The third-order valence-electron chi connectivity index (χ3n) is 3.08. The van der Waals surface area contributed by atoms with E-state index < -0.39 is 6.36 Å². The van der Waals surface area contributed by atoms with Crippen molar-refractivity contribution in [1.29, 1.82) is 0 Å². The highest BCUT2D eigenvalue weighted by Gasteiger charge is 2.30. The number of hydrogen-bond acceptors (Lipinski definition) is 3. The molecule has 0 bridgehead atoms. The Labute approximate surface area is 127 Å². The number of nitrogens with two attached hydrogens (primary N) is 1. The number of benzene rings is 1. The van der Waals surface area contributed by atoms with Gasteiger partial charge in [0.25, 0.3) is 0 Å². The van der Waals surface area contributed by atoms with E-state index in [1.165, 1.54) is 24.3 Å². The number of halogens is 3. The zero-order chi connectivity index (χ0) is 16.6. The predicted octanol–water partition coefficient (Wildman–Crippen LogP) is 2.76. The SMILES string of the molecule is CCCCC(CN)NC(=O)Cc1ccc(OC(F)(F)F)cc1. The highest BCUT2D eigenvalue weighted by atomic mass is 19.4. The van der Waals surface area contributed by atoms with Crippen LogP contribution in [0.3, 0.4) is 0 Å². The summed E-state index contributed by atoms with van der Waals surface area (Å²) in [6.07, 6.45) is -1.81. The van der Waals surface area contributed by atoms with Crippen LogP contribution in [0.4, 0.5) is 13.2 Å². The first-order valence-corrected chi connectivity index (χ1v) is 7.18. The second kappa shape index (κ2) is 8.63. The molecule has 1 unspecified atom stereocenters. The predicted molar refractivity (Wildman–Crippen MR) is 77.3 cm³/mol. The monoisotopic (exact) mass is 318 g/mol. The maximum absolute atomic E-state index is 12.0. The van der Waals surface area contributed by atoms with E-state index in [1.54, 1.807) is 0 Å². The Hall–Kier alpha value is -1.76. The topological polar surface area (TPSA) is 64.3 Å². The van der Waals surface area contributed by atoms with Gasteiger partial charge in [0, 0.05) is 12.6 Å². The first-order valence-electron chi connectivity index (χ1n) is 7.18. The highest BCUT2D eigenvalue weighted by molar-refractivity contribution is 5.78. The van der Waals surface area contributed by atoms with Crippen LogP contribution in [0.25, 0.3) is 0 Å². The van der Waals surface area contributed by atoms with Crippen LogP contribution < -0.4 is 15.8 Å². The van der Waals surface area contributed by atoms with Crippen molar-refractivity contribution in [3.63, 3.8) is 0 Å². The average molecular weight is 318 g/mol. The van der Waals surface area contributed by atoms with Gasteiger partial charge in [-0.15, -0.1) is 13.2 Å². The molecule has 4 nitrogen and oxygen atoms in total. The molecule has 0 spiro atoms. The number of ether oxygens (including phenoxy) is 1. The fraction of sp³-hybridized carbons (Fsp3) is 0.533. The van der Waals surface area contributed by atoms with Gasteiger partial charge in [-0.2, -0.15) is 0 Å². The normalized spacial score (nSPS) is 12.8. The summed E-state index contributed by atoms with van der Waals surface area (Å²) < 4.78 is 39.9. The van der Waals surface area contributed by atoms with Crippen LogP contribution in [-0.2, 0) is 11.2 Å². The fourth-order valence-electron chi connectivity index (χ4n) is 1.97. The zero-order valence-electron chi connectivity index (χ0n) is 12.5. The number of unbranched alkanes of at least 4 members (excludes halogenated alkanes) is 1. The molecule has 1 atom stereocenters.